The molecule has 0 bridgehead atoms. The summed E-state index contributed by atoms with van der Waals surface area (Å²) >= 11 is 3.60. The number of ether oxygens (including phenoxy) is 1. The summed E-state index contributed by atoms with van der Waals surface area (Å²) < 4.78 is 8.83. The smallest absolute Gasteiger partial charge is 0.338 e. The molecule has 38 heavy (non-hydrogen) atoms. The molecular weight excluding hydrogens is 607 g/mol. The predicted octanol–water partition coefficient (Wildman–Crippen LogP) is 5.66. The summed E-state index contributed by atoms with van der Waals surface area (Å²) in [7, 11) is 0. The minimum atomic E-state index is -0.667. The molecule has 0 N–H and O–H groups in total. The van der Waals surface area contributed by atoms with E-state index in [1.165, 1.54) is 16.9 Å². The van der Waals surface area contributed by atoms with Gasteiger partial charge in [-0.15, -0.1) is 0 Å². The highest BCUT2D eigenvalue weighted by Crippen LogP contribution is 2.35. The van der Waals surface area contributed by atoms with Gasteiger partial charge in [0.15, 0.2) is 4.80 Å². The maximum atomic E-state index is 13.9. The Morgan fingerprint density at radius 2 is 1.82 bits per heavy atom. The molecule has 0 saturated carbocycles. The first kappa shape index (κ1) is 26.3. The summed E-state index contributed by atoms with van der Waals surface area (Å²) in [5.41, 5.74) is 4.47. The number of carbonyl (C=O) groups excluding carboxylic acids is 1. The Morgan fingerprint density at radius 3 is 2.47 bits per heavy atom. The number of hydrogen-bond acceptors (Lipinski definition) is 5. The van der Waals surface area contributed by atoms with Gasteiger partial charge in [-0.3, -0.25) is 9.36 Å². The van der Waals surface area contributed by atoms with Gasteiger partial charge < -0.3 is 4.74 Å². The lowest BCUT2D eigenvalue weighted by atomic mass is 9.91. The van der Waals surface area contributed by atoms with Crippen molar-refractivity contribution >= 4 is 51.7 Å². The molecule has 0 radical (unpaired) electrons. The average molecular weight is 635 g/mol. The van der Waals surface area contributed by atoms with Crippen molar-refractivity contribution < 1.29 is 9.53 Å². The van der Waals surface area contributed by atoms with Crippen LogP contribution in [0.4, 0.5) is 0 Å². The fraction of sp³-hybridized carbons (Fsp3) is 0.194. The SMILES string of the molecule is CCOC(=O)C1=C(c2ccccc2)N=c2s/c(=C/c3cccc(I)c3)c(=O)n2[C@@H]1c1ccc(C(C)C)cc1. The van der Waals surface area contributed by atoms with Crippen LogP contribution in [0.5, 0.6) is 0 Å². The van der Waals surface area contributed by atoms with Gasteiger partial charge in [0.05, 0.1) is 28.5 Å². The second-order valence-corrected chi connectivity index (χ2v) is 11.6. The first-order chi connectivity index (χ1) is 18.4. The maximum absolute atomic E-state index is 13.9. The molecule has 4 aromatic rings. The monoisotopic (exact) mass is 634 g/mol. The van der Waals surface area contributed by atoms with Crippen LogP contribution in [0.15, 0.2) is 94.2 Å². The number of rotatable bonds is 6. The van der Waals surface area contributed by atoms with Gasteiger partial charge in [-0.05, 0) is 70.3 Å². The quantitative estimate of drug-likeness (QED) is 0.203. The van der Waals surface area contributed by atoms with Gasteiger partial charge in [-0.25, -0.2) is 9.79 Å². The number of esters is 1. The Hall–Kier alpha value is -3.30. The molecule has 3 aromatic carbocycles. The van der Waals surface area contributed by atoms with E-state index in [-0.39, 0.29) is 12.2 Å². The third kappa shape index (κ3) is 5.17. The van der Waals surface area contributed by atoms with Gasteiger partial charge in [0.25, 0.3) is 5.56 Å². The van der Waals surface area contributed by atoms with Crippen molar-refractivity contribution in [2.75, 3.05) is 6.61 Å². The van der Waals surface area contributed by atoms with Crippen LogP contribution in [-0.2, 0) is 9.53 Å². The topological polar surface area (TPSA) is 60.7 Å². The number of halogens is 1. The van der Waals surface area contributed by atoms with E-state index in [1.54, 1.807) is 11.5 Å². The lowest BCUT2D eigenvalue weighted by molar-refractivity contribution is -0.138. The Balaban J connectivity index is 1.82. The van der Waals surface area contributed by atoms with E-state index in [0.717, 1.165) is 20.3 Å². The summed E-state index contributed by atoms with van der Waals surface area (Å²) in [6.45, 7) is 6.28. The molecule has 1 aliphatic rings. The Kier molecular flexibility index (Phi) is 7.76. The lowest BCUT2D eigenvalue weighted by Crippen LogP contribution is -2.40. The number of carbonyl (C=O) groups is 1. The van der Waals surface area contributed by atoms with E-state index in [2.05, 4.69) is 48.6 Å². The third-order valence-corrected chi connectivity index (χ3v) is 8.09. The molecule has 0 unspecified atom stereocenters. The van der Waals surface area contributed by atoms with Crippen LogP contribution in [-0.4, -0.2) is 17.1 Å². The van der Waals surface area contributed by atoms with Crippen molar-refractivity contribution in [3.05, 3.63) is 130 Å². The van der Waals surface area contributed by atoms with E-state index >= 15 is 0 Å². The van der Waals surface area contributed by atoms with Crippen molar-refractivity contribution in [1.82, 2.24) is 4.57 Å². The van der Waals surface area contributed by atoms with Crippen LogP contribution in [0.2, 0.25) is 0 Å². The fourth-order valence-corrected chi connectivity index (χ4v) is 6.13. The van der Waals surface area contributed by atoms with Crippen LogP contribution in [0.25, 0.3) is 11.8 Å². The summed E-state index contributed by atoms with van der Waals surface area (Å²) in [6.07, 6.45) is 1.89. The van der Waals surface area contributed by atoms with Crippen molar-refractivity contribution in [2.24, 2.45) is 4.99 Å². The van der Waals surface area contributed by atoms with Gasteiger partial charge in [-0.2, -0.15) is 0 Å². The summed E-state index contributed by atoms with van der Waals surface area (Å²) in [5, 5.41) is 0. The average Bonchev–Trinajstić information content (AvgIpc) is 3.22. The molecular formula is C31H27IN2O3S. The predicted molar refractivity (Wildman–Crippen MR) is 161 cm³/mol. The molecule has 1 atom stereocenters. The molecule has 5 nitrogen and oxygen atoms in total. The lowest BCUT2D eigenvalue weighted by Gasteiger charge is -2.26. The zero-order valence-corrected chi connectivity index (χ0v) is 24.3. The van der Waals surface area contributed by atoms with Crippen molar-refractivity contribution in [1.29, 1.82) is 0 Å². The number of fused-ring (bicyclic) bond motifs is 1. The molecule has 7 heteroatoms. The van der Waals surface area contributed by atoms with Crippen LogP contribution in [0.1, 0.15) is 55.0 Å². The molecule has 1 aliphatic heterocycles. The first-order valence-corrected chi connectivity index (χ1v) is 14.4. The molecule has 0 fully saturated rings. The van der Waals surface area contributed by atoms with Crippen LogP contribution >= 0.6 is 33.9 Å². The molecule has 0 aliphatic carbocycles. The molecule has 5 rings (SSSR count). The first-order valence-electron chi connectivity index (χ1n) is 12.5. The zero-order valence-electron chi connectivity index (χ0n) is 21.4. The minimum absolute atomic E-state index is 0.181. The Labute approximate surface area is 239 Å². The zero-order chi connectivity index (χ0) is 26.8. The van der Waals surface area contributed by atoms with Crippen LogP contribution in [0, 0.1) is 3.57 Å². The van der Waals surface area contributed by atoms with Crippen molar-refractivity contribution in [3.63, 3.8) is 0 Å². The number of aromatic nitrogens is 1. The van der Waals surface area contributed by atoms with Crippen LogP contribution in [0.3, 0.4) is 0 Å². The Morgan fingerprint density at radius 1 is 1.08 bits per heavy atom. The van der Waals surface area contributed by atoms with E-state index in [9.17, 15) is 9.59 Å². The van der Waals surface area contributed by atoms with Gasteiger partial charge in [0.1, 0.15) is 0 Å². The summed E-state index contributed by atoms with van der Waals surface area (Å²) in [4.78, 5) is 32.9. The van der Waals surface area contributed by atoms with Gasteiger partial charge in [0.2, 0.25) is 0 Å². The van der Waals surface area contributed by atoms with E-state index in [4.69, 9.17) is 9.73 Å². The molecule has 2 heterocycles. The van der Waals surface area contributed by atoms with Gasteiger partial charge in [-0.1, -0.05) is 91.9 Å². The van der Waals surface area contributed by atoms with Crippen molar-refractivity contribution in [2.45, 2.75) is 32.7 Å². The van der Waals surface area contributed by atoms with Crippen molar-refractivity contribution in [3.8, 4) is 0 Å². The van der Waals surface area contributed by atoms with Crippen LogP contribution < -0.4 is 14.9 Å². The standard InChI is InChI=1S/C31H27IN2O3S/c1-4-37-30(36)26-27(22-10-6-5-7-11-22)33-31-34(28(26)23-15-13-21(14-16-23)19(2)3)29(35)25(38-31)18-20-9-8-12-24(32)17-20/h5-19,28H,4H2,1-3H3/b25-18+/t28-/m1/s1. The molecule has 0 amide bonds. The highest BCUT2D eigenvalue weighted by Gasteiger charge is 2.35. The molecule has 0 saturated heterocycles. The fourth-order valence-electron chi connectivity index (χ4n) is 4.57. The number of benzene rings is 3. The summed E-state index contributed by atoms with van der Waals surface area (Å²) in [5.74, 6) is -0.111. The van der Waals surface area contributed by atoms with E-state index < -0.39 is 12.0 Å². The van der Waals surface area contributed by atoms with Gasteiger partial charge in [0, 0.05) is 9.13 Å². The second-order valence-electron chi connectivity index (χ2n) is 9.31. The highest BCUT2D eigenvalue weighted by atomic mass is 127. The molecule has 0 spiro atoms. The largest absolute Gasteiger partial charge is 0.463 e. The maximum Gasteiger partial charge on any atom is 0.338 e. The molecule has 192 valence electrons. The summed E-state index contributed by atoms with van der Waals surface area (Å²) in [6, 6.07) is 25.1. The highest BCUT2D eigenvalue weighted by molar-refractivity contribution is 14.1. The number of thiazole rings is 1. The Bertz CT molecular complexity index is 1700. The second kappa shape index (κ2) is 11.2. The third-order valence-electron chi connectivity index (χ3n) is 6.44. The van der Waals surface area contributed by atoms with Gasteiger partial charge >= 0.3 is 5.97 Å². The number of nitrogens with zero attached hydrogens (tertiary/aromatic N) is 2. The normalized spacial score (nSPS) is 15.4. The minimum Gasteiger partial charge on any atom is -0.463 e. The van der Waals surface area contributed by atoms with E-state index in [1.807, 2.05) is 72.8 Å². The molecule has 1 aromatic heterocycles. The number of hydrogen-bond donors (Lipinski definition) is 0. The van der Waals surface area contributed by atoms with E-state index in [0.29, 0.717) is 26.5 Å².